The Morgan fingerprint density at radius 2 is 1.87 bits per heavy atom. The van der Waals surface area contributed by atoms with Gasteiger partial charge in [-0.25, -0.2) is 4.79 Å². The quantitative estimate of drug-likeness (QED) is 0.709. The lowest BCUT2D eigenvalue weighted by Crippen LogP contribution is -2.39. The van der Waals surface area contributed by atoms with Gasteiger partial charge in [-0.05, 0) is 19.4 Å². The van der Waals surface area contributed by atoms with Crippen LogP contribution in [0.25, 0.3) is 0 Å². The molecular formula is C11H12N2OS. The van der Waals surface area contributed by atoms with Crippen LogP contribution in [0.5, 0.6) is 0 Å². The van der Waals surface area contributed by atoms with E-state index in [1.807, 2.05) is 38.1 Å². The lowest BCUT2D eigenvalue weighted by atomic mass is 9.92. The molecule has 0 spiro atoms. The fourth-order valence-electron chi connectivity index (χ4n) is 1.63. The molecule has 3 nitrogen and oxygen atoms in total. The van der Waals surface area contributed by atoms with Crippen LogP contribution in [0.4, 0.5) is 4.79 Å². The van der Waals surface area contributed by atoms with Crippen LogP contribution < -0.4 is 10.6 Å². The number of amides is 2. The average Bonchev–Trinajstić information content (AvgIpc) is 2.42. The molecule has 1 heterocycles. The summed E-state index contributed by atoms with van der Waals surface area (Å²) in [6.45, 7) is 3.92. The number of aryl methyl sites for hydroxylation is 1. The molecule has 78 valence electrons. The van der Waals surface area contributed by atoms with E-state index < -0.39 is 5.54 Å². The summed E-state index contributed by atoms with van der Waals surface area (Å²) < 4.78 is 0. The minimum Gasteiger partial charge on any atom is -0.322 e. The van der Waals surface area contributed by atoms with Crippen molar-refractivity contribution >= 4 is 23.2 Å². The number of hydrogen-bond donors (Lipinski definition) is 2. The molecule has 1 aliphatic heterocycles. The van der Waals surface area contributed by atoms with Crippen molar-refractivity contribution in [2.24, 2.45) is 0 Å². The third kappa shape index (κ3) is 1.61. The Bertz CT molecular complexity index is 427. The number of carbonyl (C=O) groups is 1. The van der Waals surface area contributed by atoms with Gasteiger partial charge in [0, 0.05) is 0 Å². The Hall–Kier alpha value is -1.42. The zero-order valence-electron chi connectivity index (χ0n) is 8.63. The summed E-state index contributed by atoms with van der Waals surface area (Å²) in [5, 5.41) is 5.43. The van der Waals surface area contributed by atoms with Crippen molar-refractivity contribution in [3.05, 3.63) is 35.4 Å². The maximum Gasteiger partial charge on any atom is 0.320 e. The van der Waals surface area contributed by atoms with E-state index in [9.17, 15) is 4.79 Å². The molecule has 1 aromatic carbocycles. The Morgan fingerprint density at radius 3 is 2.33 bits per heavy atom. The van der Waals surface area contributed by atoms with Crippen LogP contribution in [0.2, 0.25) is 0 Å². The molecule has 4 heteroatoms. The Balaban J connectivity index is 2.41. The molecule has 1 aromatic rings. The zero-order valence-corrected chi connectivity index (χ0v) is 9.44. The van der Waals surface area contributed by atoms with Gasteiger partial charge in [-0.2, -0.15) is 0 Å². The van der Waals surface area contributed by atoms with Crippen LogP contribution >= 0.6 is 12.2 Å². The van der Waals surface area contributed by atoms with E-state index in [1.54, 1.807) is 0 Å². The molecule has 0 aromatic heterocycles. The molecule has 1 unspecified atom stereocenters. The molecule has 1 atom stereocenters. The third-order valence-corrected chi connectivity index (χ3v) is 3.18. The summed E-state index contributed by atoms with van der Waals surface area (Å²) in [6.07, 6.45) is 0. The van der Waals surface area contributed by atoms with E-state index in [0.717, 1.165) is 5.56 Å². The highest BCUT2D eigenvalue weighted by Crippen LogP contribution is 2.25. The first-order chi connectivity index (χ1) is 7.02. The highest BCUT2D eigenvalue weighted by molar-refractivity contribution is 7.80. The van der Waals surface area contributed by atoms with E-state index in [2.05, 4.69) is 10.6 Å². The standard InChI is InChI=1S/C11H12N2OS/c1-7-3-5-8(6-4-7)11(2)9(15)12-10(14)13-11/h3-6H,1-2H3,(H2,12,13,14,15). The van der Waals surface area contributed by atoms with Gasteiger partial charge in [0.1, 0.15) is 10.5 Å². The van der Waals surface area contributed by atoms with Crippen LogP contribution in [0.1, 0.15) is 18.1 Å². The molecule has 1 saturated heterocycles. The second-order valence-corrected chi connectivity index (χ2v) is 4.31. The topological polar surface area (TPSA) is 41.1 Å². The molecular weight excluding hydrogens is 208 g/mol. The van der Waals surface area contributed by atoms with Gasteiger partial charge in [-0.3, -0.25) is 5.32 Å². The normalized spacial score (nSPS) is 24.9. The smallest absolute Gasteiger partial charge is 0.320 e. The average molecular weight is 220 g/mol. The summed E-state index contributed by atoms with van der Waals surface area (Å²) in [6, 6.07) is 7.74. The van der Waals surface area contributed by atoms with E-state index in [0.29, 0.717) is 4.99 Å². The van der Waals surface area contributed by atoms with Crippen LogP contribution in [0.3, 0.4) is 0 Å². The SMILES string of the molecule is Cc1ccc(C2(C)NC(=O)NC2=S)cc1. The predicted octanol–water partition coefficient (Wildman–Crippen LogP) is 1.85. The Morgan fingerprint density at radius 1 is 1.27 bits per heavy atom. The van der Waals surface area contributed by atoms with Crippen molar-refractivity contribution in [2.45, 2.75) is 19.4 Å². The number of carbonyl (C=O) groups excluding carboxylic acids is 1. The molecule has 2 rings (SSSR count). The van der Waals surface area contributed by atoms with Gasteiger partial charge in [0.2, 0.25) is 0 Å². The van der Waals surface area contributed by atoms with Gasteiger partial charge in [-0.1, -0.05) is 42.0 Å². The largest absolute Gasteiger partial charge is 0.322 e. The molecule has 2 N–H and O–H groups in total. The number of hydrogen-bond acceptors (Lipinski definition) is 2. The number of benzene rings is 1. The highest BCUT2D eigenvalue weighted by Gasteiger charge is 2.39. The minimum absolute atomic E-state index is 0.233. The second-order valence-electron chi connectivity index (χ2n) is 3.90. The number of nitrogens with one attached hydrogen (secondary N) is 2. The summed E-state index contributed by atoms with van der Waals surface area (Å²) >= 11 is 5.15. The maximum absolute atomic E-state index is 11.2. The molecule has 1 aliphatic rings. The predicted molar refractivity (Wildman–Crippen MR) is 62.8 cm³/mol. The van der Waals surface area contributed by atoms with Gasteiger partial charge < -0.3 is 5.32 Å². The van der Waals surface area contributed by atoms with Crippen molar-refractivity contribution in [1.82, 2.24) is 10.6 Å². The lowest BCUT2D eigenvalue weighted by molar-refractivity contribution is 0.245. The summed E-state index contributed by atoms with van der Waals surface area (Å²) in [5.41, 5.74) is 1.61. The first kappa shape index (κ1) is 10.1. The van der Waals surface area contributed by atoms with E-state index in [4.69, 9.17) is 12.2 Å². The number of thiocarbonyl (C=S) groups is 1. The van der Waals surface area contributed by atoms with E-state index in [1.165, 1.54) is 5.56 Å². The van der Waals surface area contributed by atoms with Crippen molar-refractivity contribution in [2.75, 3.05) is 0 Å². The molecule has 1 fully saturated rings. The van der Waals surface area contributed by atoms with Crippen LogP contribution in [0, 0.1) is 6.92 Å². The van der Waals surface area contributed by atoms with Crippen LogP contribution in [0.15, 0.2) is 24.3 Å². The molecule has 0 bridgehead atoms. The maximum atomic E-state index is 11.2. The summed E-state index contributed by atoms with van der Waals surface area (Å²) in [5.74, 6) is 0. The van der Waals surface area contributed by atoms with Crippen molar-refractivity contribution in [3.8, 4) is 0 Å². The van der Waals surface area contributed by atoms with Gasteiger partial charge >= 0.3 is 6.03 Å². The number of rotatable bonds is 1. The minimum atomic E-state index is -0.569. The molecule has 0 aliphatic carbocycles. The second kappa shape index (κ2) is 3.31. The van der Waals surface area contributed by atoms with Gasteiger partial charge in [-0.15, -0.1) is 0 Å². The summed E-state index contributed by atoms with van der Waals surface area (Å²) in [4.78, 5) is 11.7. The number of urea groups is 1. The van der Waals surface area contributed by atoms with Crippen LogP contribution in [-0.2, 0) is 5.54 Å². The van der Waals surface area contributed by atoms with Crippen LogP contribution in [-0.4, -0.2) is 11.0 Å². The summed E-state index contributed by atoms with van der Waals surface area (Å²) in [7, 11) is 0. The monoisotopic (exact) mass is 220 g/mol. The first-order valence-electron chi connectivity index (χ1n) is 4.73. The third-order valence-electron chi connectivity index (χ3n) is 2.67. The van der Waals surface area contributed by atoms with Gasteiger partial charge in [0.05, 0.1) is 0 Å². The van der Waals surface area contributed by atoms with Crippen molar-refractivity contribution in [3.63, 3.8) is 0 Å². The molecule has 0 saturated carbocycles. The Labute approximate surface area is 93.9 Å². The fraction of sp³-hybridized carbons (Fsp3) is 0.273. The molecule has 2 amide bonds. The van der Waals surface area contributed by atoms with E-state index in [-0.39, 0.29) is 6.03 Å². The molecule has 0 radical (unpaired) electrons. The Kier molecular flexibility index (Phi) is 2.23. The highest BCUT2D eigenvalue weighted by atomic mass is 32.1. The van der Waals surface area contributed by atoms with Crippen molar-refractivity contribution in [1.29, 1.82) is 0 Å². The van der Waals surface area contributed by atoms with Gasteiger partial charge in [0.25, 0.3) is 0 Å². The molecule has 15 heavy (non-hydrogen) atoms. The van der Waals surface area contributed by atoms with Crippen molar-refractivity contribution < 1.29 is 4.79 Å². The zero-order chi connectivity index (χ0) is 11.1. The van der Waals surface area contributed by atoms with Gasteiger partial charge in [0.15, 0.2) is 0 Å². The lowest BCUT2D eigenvalue weighted by Gasteiger charge is -2.23. The fourth-order valence-corrected chi connectivity index (χ4v) is 1.89. The van der Waals surface area contributed by atoms with E-state index >= 15 is 0 Å². The first-order valence-corrected chi connectivity index (χ1v) is 5.14.